The van der Waals surface area contributed by atoms with Gasteiger partial charge in [0.15, 0.2) is 5.96 Å². The van der Waals surface area contributed by atoms with Gasteiger partial charge in [-0.15, -0.1) is 24.0 Å². The van der Waals surface area contributed by atoms with E-state index in [1.165, 1.54) is 0 Å². The molecule has 2 rings (SSSR count). The van der Waals surface area contributed by atoms with Gasteiger partial charge in [0.2, 0.25) is 5.91 Å². The van der Waals surface area contributed by atoms with Gasteiger partial charge in [-0.3, -0.25) is 9.79 Å². The molecule has 1 fully saturated rings. The lowest BCUT2D eigenvalue weighted by Gasteiger charge is -2.32. The number of carbonyl (C=O) groups is 1. The molecule has 0 unspecified atom stereocenters. The molecule has 0 saturated carbocycles. The van der Waals surface area contributed by atoms with E-state index < -0.39 is 0 Å². The number of piperidine rings is 1. The van der Waals surface area contributed by atoms with Gasteiger partial charge < -0.3 is 20.3 Å². The predicted molar refractivity (Wildman–Crippen MR) is 113 cm³/mol. The summed E-state index contributed by atoms with van der Waals surface area (Å²) in [6.45, 7) is 7.24. The van der Waals surface area contributed by atoms with Crippen LogP contribution in [-0.4, -0.2) is 49.0 Å². The minimum Gasteiger partial charge on any atom is -0.491 e. The zero-order valence-corrected chi connectivity index (χ0v) is 17.7. The fourth-order valence-electron chi connectivity index (χ4n) is 2.71. The Balaban J connectivity index is 0.00000312. The summed E-state index contributed by atoms with van der Waals surface area (Å²) in [5.74, 6) is 1.75. The highest BCUT2D eigenvalue weighted by atomic mass is 127. The molecule has 140 valence electrons. The van der Waals surface area contributed by atoms with Crippen molar-refractivity contribution in [2.45, 2.75) is 45.8 Å². The lowest BCUT2D eigenvalue weighted by molar-refractivity contribution is -0.129. The molecule has 0 radical (unpaired) electrons. The zero-order chi connectivity index (χ0) is 17.5. The summed E-state index contributed by atoms with van der Waals surface area (Å²) >= 11 is 0. The van der Waals surface area contributed by atoms with Crippen LogP contribution in [0.25, 0.3) is 0 Å². The Morgan fingerprint density at radius 2 is 1.84 bits per heavy atom. The molecule has 1 aromatic carbocycles. The predicted octanol–water partition coefficient (Wildman–Crippen LogP) is 3.09. The van der Waals surface area contributed by atoms with Crippen LogP contribution in [0.1, 0.15) is 33.6 Å². The Bertz CT molecular complexity index is 567. The van der Waals surface area contributed by atoms with E-state index in [1.807, 2.05) is 43.0 Å². The maximum Gasteiger partial charge on any atom is 0.219 e. The first kappa shape index (κ1) is 21.5. The molecule has 1 saturated heterocycles. The third-order valence-electron chi connectivity index (χ3n) is 3.99. The summed E-state index contributed by atoms with van der Waals surface area (Å²) in [6, 6.07) is 8.17. The van der Waals surface area contributed by atoms with Gasteiger partial charge >= 0.3 is 0 Å². The maximum absolute atomic E-state index is 11.4. The number of hydrogen-bond acceptors (Lipinski definition) is 3. The number of likely N-dealkylation sites (tertiary alicyclic amines) is 1. The van der Waals surface area contributed by atoms with Gasteiger partial charge in [0.25, 0.3) is 0 Å². The van der Waals surface area contributed by atoms with E-state index in [9.17, 15) is 4.79 Å². The van der Waals surface area contributed by atoms with Crippen molar-refractivity contribution in [3.63, 3.8) is 0 Å². The number of ether oxygens (including phenoxy) is 1. The molecule has 7 heteroatoms. The molecular formula is C18H29IN4O2. The Labute approximate surface area is 167 Å². The van der Waals surface area contributed by atoms with Crippen molar-refractivity contribution in [1.29, 1.82) is 0 Å². The highest BCUT2D eigenvalue weighted by Gasteiger charge is 2.21. The van der Waals surface area contributed by atoms with E-state index in [0.29, 0.717) is 6.04 Å². The highest BCUT2D eigenvalue weighted by molar-refractivity contribution is 14.0. The molecule has 1 aliphatic rings. The number of rotatable bonds is 4. The number of amides is 1. The summed E-state index contributed by atoms with van der Waals surface area (Å²) in [6.07, 6.45) is 2.03. The first-order valence-electron chi connectivity index (χ1n) is 8.50. The molecule has 0 aromatic heterocycles. The second kappa shape index (κ2) is 10.5. The Hall–Kier alpha value is -1.51. The molecule has 0 spiro atoms. The van der Waals surface area contributed by atoms with E-state index in [2.05, 4.69) is 15.6 Å². The number of hydrogen-bond donors (Lipinski definition) is 2. The van der Waals surface area contributed by atoms with Crippen LogP contribution in [0, 0.1) is 0 Å². The van der Waals surface area contributed by atoms with E-state index in [0.717, 1.165) is 43.3 Å². The number of carbonyl (C=O) groups excluding carboxylic acids is 1. The smallest absolute Gasteiger partial charge is 0.219 e. The van der Waals surface area contributed by atoms with Crippen LogP contribution in [0.4, 0.5) is 5.69 Å². The molecule has 6 nitrogen and oxygen atoms in total. The Morgan fingerprint density at radius 3 is 2.32 bits per heavy atom. The highest BCUT2D eigenvalue weighted by Crippen LogP contribution is 2.17. The Morgan fingerprint density at radius 1 is 1.24 bits per heavy atom. The largest absolute Gasteiger partial charge is 0.491 e. The first-order valence-corrected chi connectivity index (χ1v) is 8.50. The molecule has 1 aromatic rings. The molecule has 0 bridgehead atoms. The summed E-state index contributed by atoms with van der Waals surface area (Å²) < 4.78 is 5.65. The van der Waals surface area contributed by atoms with Crippen LogP contribution < -0.4 is 15.4 Å². The fourth-order valence-corrected chi connectivity index (χ4v) is 2.71. The lowest BCUT2D eigenvalue weighted by Crippen LogP contribution is -2.47. The second-order valence-electron chi connectivity index (χ2n) is 6.31. The zero-order valence-electron chi connectivity index (χ0n) is 15.4. The molecule has 25 heavy (non-hydrogen) atoms. The van der Waals surface area contributed by atoms with Crippen molar-refractivity contribution in [2.24, 2.45) is 4.99 Å². The first-order chi connectivity index (χ1) is 11.5. The molecule has 0 aliphatic carbocycles. The SMILES string of the molecule is CN=C(Nc1ccc(OC(C)C)cc1)NC1CCN(C(C)=O)CC1.I. The van der Waals surface area contributed by atoms with E-state index in [4.69, 9.17) is 4.74 Å². The molecule has 1 aliphatic heterocycles. The number of benzene rings is 1. The molecule has 0 atom stereocenters. The van der Waals surface area contributed by atoms with E-state index >= 15 is 0 Å². The van der Waals surface area contributed by atoms with Crippen molar-refractivity contribution in [1.82, 2.24) is 10.2 Å². The normalized spacial score (nSPS) is 15.6. The fraction of sp³-hybridized carbons (Fsp3) is 0.556. The van der Waals surface area contributed by atoms with Gasteiger partial charge in [0, 0.05) is 38.8 Å². The number of guanidine groups is 1. The Kier molecular flexibility index (Phi) is 9.02. The molecule has 2 N–H and O–H groups in total. The van der Waals surface area contributed by atoms with Crippen LogP contribution >= 0.6 is 24.0 Å². The number of nitrogens with one attached hydrogen (secondary N) is 2. The van der Waals surface area contributed by atoms with Gasteiger partial charge in [-0.1, -0.05) is 0 Å². The molecule has 1 heterocycles. The maximum atomic E-state index is 11.4. The van der Waals surface area contributed by atoms with Crippen molar-refractivity contribution in [3.8, 4) is 5.75 Å². The van der Waals surface area contributed by atoms with Crippen molar-refractivity contribution in [2.75, 3.05) is 25.5 Å². The van der Waals surface area contributed by atoms with Crippen molar-refractivity contribution < 1.29 is 9.53 Å². The van der Waals surface area contributed by atoms with Crippen LogP contribution in [0.5, 0.6) is 5.75 Å². The minimum atomic E-state index is 0. The third-order valence-corrected chi connectivity index (χ3v) is 3.99. The average molecular weight is 460 g/mol. The number of halogens is 1. The van der Waals surface area contributed by atoms with Gasteiger partial charge in [-0.05, 0) is 51.0 Å². The monoisotopic (exact) mass is 460 g/mol. The van der Waals surface area contributed by atoms with Crippen LogP contribution in [-0.2, 0) is 4.79 Å². The van der Waals surface area contributed by atoms with Gasteiger partial charge in [0.1, 0.15) is 5.75 Å². The van der Waals surface area contributed by atoms with Gasteiger partial charge in [-0.25, -0.2) is 0 Å². The topological polar surface area (TPSA) is 66.0 Å². The standard InChI is InChI=1S/C18H28N4O2.HI/c1-13(2)24-17-7-5-15(6-8-17)20-18(19-4)21-16-9-11-22(12-10-16)14(3)23;/h5-8,13,16H,9-12H2,1-4H3,(H2,19,20,21);1H. The van der Waals surface area contributed by atoms with Crippen LogP contribution in [0.2, 0.25) is 0 Å². The molecule has 1 amide bonds. The molecular weight excluding hydrogens is 431 g/mol. The quantitative estimate of drug-likeness (QED) is 0.412. The van der Waals surface area contributed by atoms with Crippen molar-refractivity contribution in [3.05, 3.63) is 24.3 Å². The number of anilines is 1. The van der Waals surface area contributed by atoms with Crippen LogP contribution in [0.3, 0.4) is 0 Å². The number of nitrogens with zero attached hydrogens (tertiary/aromatic N) is 2. The number of aliphatic imine (C=N–C) groups is 1. The van der Waals surface area contributed by atoms with Crippen LogP contribution in [0.15, 0.2) is 29.3 Å². The van der Waals surface area contributed by atoms with E-state index in [-0.39, 0.29) is 36.0 Å². The van der Waals surface area contributed by atoms with Gasteiger partial charge in [-0.2, -0.15) is 0 Å². The average Bonchev–Trinajstić information content (AvgIpc) is 2.56. The summed E-state index contributed by atoms with van der Waals surface area (Å²) in [7, 11) is 1.76. The summed E-state index contributed by atoms with van der Waals surface area (Å²) in [4.78, 5) is 17.6. The van der Waals surface area contributed by atoms with E-state index in [1.54, 1.807) is 14.0 Å². The lowest BCUT2D eigenvalue weighted by atomic mass is 10.1. The van der Waals surface area contributed by atoms with Crippen molar-refractivity contribution >= 4 is 41.5 Å². The summed E-state index contributed by atoms with van der Waals surface area (Å²) in [5.41, 5.74) is 0.959. The van der Waals surface area contributed by atoms with Gasteiger partial charge in [0.05, 0.1) is 6.10 Å². The second-order valence-corrected chi connectivity index (χ2v) is 6.31. The minimum absolute atomic E-state index is 0. The third kappa shape index (κ3) is 7.09. The summed E-state index contributed by atoms with van der Waals surface area (Å²) in [5, 5.41) is 6.72.